The first kappa shape index (κ1) is 14.3. The number of aliphatic carboxylic acids is 1. The standard InChI is InChI=1S/C14H19N3O3/c1-9(2)16-12-11(4-3-6-15-12)13(18)17-7-5-10(8-17)14(19)20/h3-4,6,9-10H,5,7-8H2,1-2H3,(H,15,16)(H,19,20)/t10-/m1/s1. The summed E-state index contributed by atoms with van der Waals surface area (Å²) in [6, 6.07) is 3.60. The second kappa shape index (κ2) is 5.90. The highest BCUT2D eigenvalue weighted by atomic mass is 16.4. The number of likely N-dealkylation sites (tertiary alicyclic amines) is 1. The van der Waals surface area contributed by atoms with E-state index >= 15 is 0 Å². The number of anilines is 1. The van der Waals surface area contributed by atoms with Crippen LogP contribution in [0.25, 0.3) is 0 Å². The molecule has 0 saturated carbocycles. The Morgan fingerprint density at radius 1 is 1.50 bits per heavy atom. The Balaban J connectivity index is 2.16. The summed E-state index contributed by atoms with van der Waals surface area (Å²) in [5.41, 5.74) is 0.493. The Kier molecular flexibility index (Phi) is 4.22. The van der Waals surface area contributed by atoms with Crippen molar-refractivity contribution in [1.82, 2.24) is 9.88 Å². The van der Waals surface area contributed by atoms with Crippen LogP contribution in [0.2, 0.25) is 0 Å². The summed E-state index contributed by atoms with van der Waals surface area (Å²) in [4.78, 5) is 29.2. The van der Waals surface area contributed by atoms with Crippen molar-refractivity contribution in [3.63, 3.8) is 0 Å². The highest BCUT2D eigenvalue weighted by Gasteiger charge is 2.32. The second-order valence-corrected chi connectivity index (χ2v) is 5.27. The number of carboxylic acid groups (broad SMARTS) is 1. The fourth-order valence-corrected chi connectivity index (χ4v) is 2.28. The Bertz CT molecular complexity index is 516. The van der Waals surface area contributed by atoms with Gasteiger partial charge in [-0.1, -0.05) is 0 Å². The van der Waals surface area contributed by atoms with Gasteiger partial charge in [-0.15, -0.1) is 0 Å². The van der Waals surface area contributed by atoms with Crippen molar-refractivity contribution >= 4 is 17.7 Å². The minimum absolute atomic E-state index is 0.162. The van der Waals surface area contributed by atoms with E-state index in [4.69, 9.17) is 5.11 Å². The van der Waals surface area contributed by atoms with Gasteiger partial charge in [-0.05, 0) is 32.4 Å². The Morgan fingerprint density at radius 2 is 2.25 bits per heavy atom. The third-order valence-corrected chi connectivity index (χ3v) is 3.29. The number of nitrogens with one attached hydrogen (secondary N) is 1. The van der Waals surface area contributed by atoms with Gasteiger partial charge < -0.3 is 15.3 Å². The summed E-state index contributed by atoms with van der Waals surface area (Å²) in [5, 5.41) is 12.1. The van der Waals surface area contributed by atoms with Crippen LogP contribution in [-0.4, -0.2) is 46.0 Å². The third-order valence-electron chi connectivity index (χ3n) is 3.29. The molecule has 1 atom stereocenters. The number of carbonyl (C=O) groups excluding carboxylic acids is 1. The van der Waals surface area contributed by atoms with Gasteiger partial charge in [-0.3, -0.25) is 9.59 Å². The molecule has 6 heteroatoms. The van der Waals surface area contributed by atoms with Gasteiger partial charge in [0.15, 0.2) is 0 Å². The molecule has 108 valence electrons. The molecular weight excluding hydrogens is 258 g/mol. The highest BCUT2D eigenvalue weighted by molar-refractivity contribution is 5.99. The van der Waals surface area contributed by atoms with Crippen LogP contribution in [0.1, 0.15) is 30.6 Å². The Hall–Kier alpha value is -2.11. The van der Waals surface area contributed by atoms with Gasteiger partial charge in [0.2, 0.25) is 0 Å². The molecule has 20 heavy (non-hydrogen) atoms. The molecule has 0 spiro atoms. The fraction of sp³-hybridized carbons (Fsp3) is 0.500. The molecule has 0 aromatic carbocycles. The van der Waals surface area contributed by atoms with Gasteiger partial charge >= 0.3 is 5.97 Å². The number of aromatic nitrogens is 1. The van der Waals surface area contributed by atoms with Crippen LogP contribution in [0.5, 0.6) is 0 Å². The van der Waals surface area contributed by atoms with Gasteiger partial charge in [0.1, 0.15) is 5.82 Å². The fourth-order valence-electron chi connectivity index (χ4n) is 2.28. The predicted octanol–water partition coefficient (Wildman–Crippen LogP) is 1.45. The van der Waals surface area contributed by atoms with Crippen LogP contribution >= 0.6 is 0 Å². The lowest BCUT2D eigenvalue weighted by Crippen LogP contribution is -2.31. The number of nitrogens with zero attached hydrogens (tertiary/aromatic N) is 2. The van der Waals surface area contributed by atoms with Crippen LogP contribution in [0.3, 0.4) is 0 Å². The molecule has 1 aromatic rings. The molecule has 1 saturated heterocycles. The topological polar surface area (TPSA) is 82.5 Å². The number of hydrogen-bond donors (Lipinski definition) is 2. The molecule has 2 rings (SSSR count). The average Bonchev–Trinajstić information content (AvgIpc) is 2.87. The number of amides is 1. The van der Waals surface area contributed by atoms with Crippen LogP contribution in [0, 0.1) is 5.92 Å². The zero-order valence-electron chi connectivity index (χ0n) is 11.7. The van der Waals surface area contributed by atoms with Gasteiger partial charge in [0.25, 0.3) is 5.91 Å². The summed E-state index contributed by atoms with van der Waals surface area (Å²) < 4.78 is 0. The summed E-state index contributed by atoms with van der Waals surface area (Å²) >= 11 is 0. The zero-order valence-corrected chi connectivity index (χ0v) is 11.7. The molecule has 2 N–H and O–H groups in total. The van der Waals surface area contributed by atoms with Crippen molar-refractivity contribution in [2.24, 2.45) is 5.92 Å². The van der Waals surface area contributed by atoms with Crippen molar-refractivity contribution in [1.29, 1.82) is 0 Å². The van der Waals surface area contributed by atoms with E-state index in [1.54, 1.807) is 23.2 Å². The normalized spacial score (nSPS) is 18.4. The molecule has 0 radical (unpaired) electrons. The van der Waals surface area contributed by atoms with Crippen molar-refractivity contribution in [2.45, 2.75) is 26.3 Å². The van der Waals surface area contributed by atoms with Crippen molar-refractivity contribution in [2.75, 3.05) is 18.4 Å². The highest BCUT2D eigenvalue weighted by Crippen LogP contribution is 2.21. The molecule has 1 fully saturated rings. The quantitative estimate of drug-likeness (QED) is 0.870. The van der Waals surface area contributed by atoms with Gasteiger partial charge in [-0.2, -0.15) is 0 Å². The maximum Gasteiger partial charge on any atom is 0.308 e. The van der Waals surface area contributed by atoms with E-state index in [0.717, 1.165) is 0 Å². The lowest BCUT2D eigenvalue weighted by Gasteiger charge is -2.19. The maximum atomic E-state index is 12.5. The van der Waals surface area contributed by atoms with E-state index in [1.807, 2.05) is 13.8 Å². The first-order valence-corrected chi connectivity index (χ1v) is 6.72. The molecule has 6 nitrogen and oxygen atoms in total. The van der Waals surface area contributed by atoms with Gasteiger partial charge in [0, 0.05) is 25.3 Å². The van der Waals surface area contributed by atoms with Gasteiger partial charge in [0.05, 0.1) is 11.5 Å². The molecular formula is C14H19N3O3. The van der Waals surface area contributed by atoms with E-state index in [0.29, 0.717) is 24.3 Å². The average molecular weight is 277 g/mol. The lowest BCUT2D eigenvalue weighted by atomic mass is 10.1. The maximum absolute atomic E-state index is 12.5. The van der Waals surface area contributed by atoms with E-state index in [-0.39, 0.29) is 18.5 Å². The second-order valence-electron chi connectivity index (χ2n) is 5.27. The van der Waals surface area contributed by atoms with E-state index in [1.165, 1.54) is 0 Å². The predicted molar refractivity (Wildman–Crippen MR) is 74.6 cm³/mol. The van der Waals surface area contributed by atoms with Crippen molar-refractivity contribution in [3.8, 4) is 0 Å². The summed E-state index contributed by atoms with van der Waals surface area (Å²) in [6.45, 7) is 4.69. The van der Waals surface area contributed by atoms with Crippen LogP contribution in [-0.2, 0) is 4.79 Å². The number of hydrogen-bond acceptors (Lipinski definition) is 4. The Morgan fingerprint density at radius 3 is 2.85 bits per heavy atom. The molecule has 1 aliphatic rings. The van der Waals surface area contributed by atoms with E-state index in [2.05, 4.69) is 10.3 Å². The van der Waals surface area contributed by atoms with Crippen molar-refractivity contribution in [3.05, 3.63) is 23.9 Å². The minimum atomic E-state index is -0.841. The van der Waals surface area contributed by atoms with E-state index in [9.17, 15) is 9.59 Å². The smallest absolute Gasteiger partial charge is 0.308 e. The van der Waals surface area contributed by atoms with Crippen LogP contribution in [0.4, 0.5) is 5.82 Å². The first-order valence-electron chi connectivity index (χ1n) is 6.72. The SMILES string of the molecule is CC(C)Nc1ncccc1C(=O)N1CC[C@@H](C(=O)O)C1. The number of carboxylic acids is 1. The van der Waals surface area contributed by atoms with Crippen LogP contribution < -0.4 is 5.32 Å². The summed E-state index contributed by atoms with van der Waals surface area (Å²) in [6.07, 6.45) is 2.14. The van der Waals surface area contributed by atoms with Gasteiger partial charge in [-0.25, -0.2) is 4.98 Å². The van der Waals surface area contributed by atoms with Crippen LogP contribution in [0.15, 0.2) is 18.3 Å². The number of rotatable bonds is 4. The van der Waals surface area contributed by atoms with E-state index < -0.39 is 11.9 Å². The van der Waals surface area contributed by atoms with Crippen molar-refractivity contribution < 1.29 is 14.7 Å². The third kappa shape index (κ3) is 3.07. The molecule has 0 bridgehead atoms. The molecule has 2 heterocycles. The first-order chi connectivity index (χ1) is 9.49. The number of pyridine rings is 1. The summed E-state index contributed by atoms with van der Waals surface area (Å²) in [5.74, 6) is -0.916. The Labute approximate surface area is 117 Å². The zero-order chi connectivity index (χ0) is 14.7. The molecule has 1 aliphatic heterocycles. The molecule has 1 amide bonds. The largest absolute Gasteiger partial charge is 0.481 e. The molecule has 1 aromatic heterocycles. The molecule has 0 aliphatic carbocycles. The summed E-state index contributed by atoms with van der Waals surface area (Å²) in [7, 11) is 0. The monoisotopic (exact) mass is 277 g/mol. The lowest BCUT2D eigenvalue weighted by molar-refractivity contribution is -0.141. The molecule has 0 unspecified atom stereocenters. The minimum Gasteiger partial charge on any atom is -0.481 e. The number of carbonyl (C=O) groups is 2.